The van der Waals surface area contributed by atoms with E-state index in [-0.39, 0.29) is 22.4 Å². The molecule has 0 atom stereocenters. The zero-order valence-electron chi connectivity index (χ0n) is 26.3. The first-order chi connectivity index (χ1) is 18.6. The third-order valence-electron chi connectivity index (χ3n) is 7.60. The predicted molar refractivity (Wildman–Crippen MR) is 173 cm³/mol. The van der Waals surface area contributed by atoms with E-state index in [1.165, 1.54) is 0 Å². The van der Waals surface area contributed by atoms with E-state index >= 15 is 0 Å². The van der Waals surface area contributed by atoms with Gasteiger partial charge in [0.2, 0.25) is 0 Å². The number of hydrogen-bond donors (Lipinski definition) is 0. The Morgan fingerprint density at radius 1 is 0.525 bits per heavy atom. The van der Waals surface area contributed by atoms with Crippen molar-refractivity contribution in [3.8, 4) is 0 Å². The molecule has 0 unspecified atom stereocenters. The quantitative estimate of drug-likeness (QED) is 0.260. The molecule has 0 radical (unpaired) electrons. The van der Waals surface area contributed by atoms with E-state index in [1.54, 1.807) is 0 Å². The SMILES string of the molecule is CC1=C(/C=C/C(C)=C/C=C/C(C)=C/C=C/C=C(C)/C=C/C=C(C)/C=C/C2=C(C)C(=O)CC2(C)C)C(C)(C)CC1=O. The molecule has 2 nitrogen and oxygen atoms in total. The predicted octanol–water partition coefficient (Wildman–Crippen LogP) is 10.2. The third kappa shape index (κ3) is 9.59. The van der Waals surface area contributed by atoms with Crippen molar-refractivity contribution in [2.75, 3.05) is 0 Å². The molecule has 212 valence electrons. The van der Waals surface area contributed by atoms with Crippen molar-refractivity contribution >= 4 is 11.6 Å². The molecular weight excluding hydrogens is 488 g/mol. The van der Waals surface area contributed by atoms with E-state index in [1.807, 2.05) is 26.0 Å². The van der Waals surface area contributed by atoms with Crippen LogP contribution in [0.25, 0.3) is 0 Å². The number of ketones is 2. The lowest BCUT2D eigenvalue weighted by atomic mass is 9.85. The molecule has 2 aliphatic rings. The van der Waals surface area contributed by atoms with Crippen LogP contribution in [0.15, 0.2) is 130 Å². The second-order valence-electron chi connectivity index (χ2n) is 12.5. The van der Waals surface area contributed by atoms with Gasteiger partial charge in [0.25, 0.3) is 0 Å². The summed E-state index contributed by atoms with van der Waals surface area (Å²) in [6, 6.07) is 0. The summed E-state index contributed by atoms with van der Waals surface area (Å²) in [5.41, 5.74) is 8.53. The van der Waals surface area contributed by atoms with Gasteiger partial charge in [0.1, 0.15) is 0 Å². The van der Waals surface area contributed by atoms with E-state index in [0.29, 0.717) is 12.8 Å². The largest absolute Gasteiger partial charge is 0.295 e. The van der Waals surface area contributed by atoms with Gasteiger partial charge in [-0.3, -0.25) is 9.59 Å². The average molecular weight is 537 g/mol. The second-order valence-corrected chi connectivity index (χ2v) is 12.5. The lowest BCUT2D eigenvalue weighted by Crippen LogP contribution is -2.09. The van der Waals surface area contributed by atoms with Crippen molar-refractivity contribution in [1.29, 1.82) is 0 Å². The smallest absolute Gasteiger partial charge is 0.159 e. The van der Waals surface area contributed by atoms with Crippen LogP contribution < -0.4 is 0 Å². The highest BCUT2D eigenvalue weighted by molar-refractivity contribution is 6.00. The Hall–Kier alpha value is -3.52. The number of allylic oxidation sites excluding steroid dienone is 22. The minimum Gasteiger partial charge on any atom is -0.295 e. The minimum atomic E-state index is -0.0810. The molecule has 0 heterocycles. The zero-order chi connectivity index (χ0) is 30.1. The number of rotatable bonds is 10. The van der Waals surface area contributed by atoms with Gasteiger partial charge in [-0.1, -0.05) is 135 Å². The monoisotopic (exact) mass is 536 g/mol. The van der Waals surface area contributed by atoms with Gasteiger partial charge in [-0.15, -0.1) is 0 Å². The van der Waals surface area contributed by atoms with Crippen molar-refractivity contribution in [1.82, 2.24) is 0 Å². The van der Waals surface area contributed by atoms with Crippen LogP contribution >= 0.6 is 0 Å². The molecule has 0 bridgehead atoms. The van der Waals surface area contributed by atoms with Gasteiger partial charge < -0.3 is 0 Å². The lowest BCUT2D eigenvalue weighted by Gasteiger charge is -2.19. The molecule has 0 aromatic carbocycles. The Morgan fingerprint density at radius 2 is 0.825 bits per heavy atom. The fourth-order valence-corrected chi connectivity index (χ4v) is 5.04. The summed E-state index contributed by atoms with van der Waals surface area (Å²) in [7, 11) is 0. The van der Waals surface area contributed by atoms with Crippen molar-refractivity contribution in [2.24, 2.45) is 10.8 Å². The Kier molecular flexibility index (Phi) is 11.6. The van der Waals surface area contributed by atoms with Crippen LogP contribution in [0.3, 0.4) is 0 Å². The average Bonchev–Trinajstić information content (AvgIpc) is 3.17. The van der Waals surface area contributed by atoms with Gasteiger partial charge in [0.15, 0.2) is 11.6 Å². The van der Waals surface area contributed by atoms with E-state index in [4.69, 9.17) is 0 Å². The highest BCUT2D eigenvalue weighted by atomic mass is 16.1. The van der Waals surface area contributed by atoms with Gasteiger partial charge in [0.05, 0.1) is 0 Å². The first-order valence-electron chi connectivity index (χ1n) is 14.2. The fourth-order valence-electron chi connectivity index (χ4n) is 5.04. The van der Waals surface area contributed by atoms with Gasteiger partial charge in [-0.05, 0) is 74.7 Å². The zero-order valence-corrected chi connectivity index (χ0v) is 26.3. The second kappa shape index (κ2) is 14.2. The van der Waals surface area contributed by atoms with Gasteiger partial charge in [-0.25, -0.2) is 0 Å². The normalized spacial score (nSPS) is 21.4. The third-order valence-corrected chi connectivity index (χ3v) is 7.60. The van der Waals surface area contributed by atoms with Gasteiger partial charge in [-0.2, -0.15) is 0 Å². The number of hydrogen-bond acceptors (Lipinski definition) is 2. The number of carbonyl (C=O) groups is 2. The molecule has 0 amide bonds. The van der Waals surface area contributed by atoms with Crippen LogP contribution in [0.2, 0.25) is 0 Å². The van der Waals surface area contributed by atoms with Crippen molar-refractivity contribution in [3.05, 3.63) is 130 Å². The Labute approximate surface area is 243 Å². The summed E-state index contributed by atoms with van der Waals surface area (Å²) in [4.78, 5) is 24.1. The topological polar surface area (TPSA) is 34.1 Å². The standard InChI is InChI=1S/C38H48O2/c1-27(17-13-19-29(3)21-23-33-31(5)35(39)25-37(33,7)8)15-11-12-16-28(2)18-14-20-30(4)22-24-34-32(6)36(40)26-38(34,9)10/h11-24H,25-26H2,1-10H3/b12-11+,17-13+,18-14+,23-21+,24-22+,27-15+,28-16+,29-19+,30-20+. The molecule has 2 rings (SSSR count). The van der Waals surface area contributed by atoms with Crippen molar-refractivity contribution in [2.45, 2.75) is 82.1 Å². The first-order valence-corrected chi connectivity index (χ1v) is 14.2. The number of carbonyl (C=O) groups excluding carboxylic acids is 2. The molecular formula is C38H48O2. The Bertz CT molecular complexity index is 1240. The van der Waals surface area contributed by atoms with Crippen molar-refractivity contribution < 1.29 is 9.59 Å². The van der Waals surface area contributed by atoms with Crippen LogP contribution in [0.1, 0.15) is 82.1 Å². The maximum absolute atomic E-state index is 12.1. The highest BCUT2D eigenvalue weighted by Gasteiger charge is 2.35. The summed E-state index contributed by atoms with van der Waals surface area (Å²) in [5.74, 6) is 0.515. The highest BCUT2D eigenvalue weighted by Crippen LogP contribution is 2.41. The van der Waals surface area contributed by atoms with E-state index in [2.05, 4.69) is 128 Å². The molecule has 0 saturated heterocycles. The molecule has 0 spiro atoms. The first kappa shape index (κ1) is 32.7. The molecule has 0 aliphatic heterocycles. The molecule has 2 aliphatic carbocycles. The van der Waals surface area contributed by atoms with Crippen LogP contribution in [-0.2, 0) is 9.59 Å². The van der Waals surface area contributed by atoms with Gasteiger partial charge >= 0.3 is 0 Å². The lowest BCUT2D eigenvalue weighted by molar-refractivity contribution is -0.116. The fraction of sp³-hybridized carbons (Fsp3) is 0.368. The summed E-state index contributed by atoms with van der Waals surface area (Å²) >= 11 is 0. The van der Waals surface area contributed by atoms with E-state index < -0.39 is 0 Å². The molecule has 0 saturated carbocycles. The van der Waals surface area contributed by atoms with Crippen LogP contribution in [0, 0.1) is 10.8 Å². The summed E-state index contributed by atoms with van der Waals surface area (Å²) in [5, 5.41) is 0. The van der Waals surface area contributed by atoms with Crippen LogP contribution in [0.4, 0.5) is 0 Å². The summed E-state index contributed by atoms with van der Waals surface area (Å²) < 4.78 is 0. The van der Waals surface area contributed by atoms with E-state index in [0.717, 1.165) is 44.6 Å². The molecule has 0 fully saturated rings. The van der Waals surface area contributed by atoms with Gasteiger partial charge in [0, 0.05) is 12.8 Å². The minimum absolute atomic E-state index is 0.0810. The number of Topliss-reactive ketones (excluding diaryl/α,β-unsaturated/α-hetero) is 2. The maximum Gasteiger partial charge on any atom is 0.159 e. The van der Waals surface area contributed by atoms with Crippen molar-refractivity contribution in [3.63, 3.8) is 0 Å². The Morgan fingerprint density at radius 3 is 1.12 bits per heavy atom. The summed E-state index contributed by atoms with van der Waals surface area (Å²) in [6.07, 6.45) is 30.3. The van der Waals surface area contributed by atoms with E-state index in [9.17, 15) is 9.59 Å². The molecule has 0 aromatic rings. The maximum atomic E-state index is 12.1. The molecule has 2 heteroatoms. The molecule has 40 heavy (non-hydrogen) atoms. The Balaban J connectivity index is 1.90. The molecule has 0 N–H and O–H groups in total. The van der Waals surface area contributed by atoms with Crippen LogP contribution in [0.5, 0.6) is 0 Å². The molecule has 0 aromatic heterocycles. The summed E-state index contributed by atoms with van der Waals surface area (Å²) in [6.45, 7) is 20.7. The van der Waals surface area contributed by atoms with Crippen LogP contribution in [-0.4, -0.2) is 11.6 Å².